The van der Waals surface area contributed by atoms with Crippen LogP contribution in [0.5, 0.6) is 0 Å². The zero-order valence-electron chi connectivity index (χ0n) is 19.4. The molecule has 0 bridgehead atoms. The maximum absolute atomic E-state index is 11.9. The van der Waals surface area contributed by atoms with Gasteiger partial charge in [0.15, 0.2) is 0 Å². The SMILES string of the molecule is CC(=O)N1CCN(c2ccc(Nc3ncc(C(N)=O)c(NC(C)c4ccccc4)n3)cc2)CC1. The summed E-state index contributed by atoms with van der Waals surface area (Å²) in [5.74, 6) is 0.258. The standard InChI is InChI=1S/C25H29N7O2/c1-17(19-6-4-3-5-7-19)28-24-22(23(26)34)16-27-25(30-24)29-20-8-10-21(11-9-20)32-14-12-31(13-15-32)18(2)33/h3-11,16-17H,12-15H2,1-2H3,(H2,26,34)(H2,27,28,29,30). The van der Waals surface area contributed by atoms with Crippen molar-refractivity contribution in [2.75, 3.05) is 41.7 Å². The van der Waals surface area contributed by atoms with Crippen LogP contribution in [0.3, 0.4) is 0 Å². The number of rotatable bonds is 7. The van der Waals surface area contributed by atoms with Gasteiger partial charge < -0.3 is 26.2 Å². The van der Waals surface area contributed by atoms with E-state index in [1.165, 1.54) is 6.20 Å². The van der Waals surface area contributed by atoms with Crippen molar-refractivity contribution in [3.8, 4) is 0 Å². The fourth-order valence-electron chi connectivity index (χ4n) is 3.93. The van der Waals surface area contributed by atoms with Crippen molar-refractivity contribution in [1.29, 1.82) is 0 Å². The molecule has 1 fully saturated rings. The summed E-state index contributed by atoms with van der Waals surface area (Å²) in [4.78, 5) is 36.3. The molecule has 4 rings (SSSR count). The van der Waals surface area contributed by atoms with Gasteiger partial charge in [-0.15, -0.1) is 0 Å². The van der Waals surface area contributed by atoms with Crippen LogP contribution in [0.4, 0.5) is 23.1 Å². The van der Waals surface area contributed by atoms with Crippen molar-refractivity contribution in [2.45, 2.75) is 19.9 Å². The van der Waals surface area contributed by atoms with E-state index in [9.17, 15) is 9.59 Å². The van der Waals surface area contributed by atoms with Crippen LogP contribution in [0.2, 0.25) is 0 Å². The van der Waals surface area contributed by atoms with Gasteiger partial charge in [-0.1, -0.05) is 30.3 Å². The minimum absolute atomic E-state index is 0.0789. The number of anilines is 4. The highest BCUT2D eigenvalue weighted by molar-refractivity contribution is 5.97. The molecule has 4 N–H and O–H groups in total. The second-order valence-electron chi connectivity index (χ2n) is 8.26. The number of hydrogen-bond acceptors (Lipinski definition) is 7. The van der Waals surface area contributed by atoms with E-state index in [1.54, 1.807) is 6.92 Å². The highest BCUT2D eigenvalue weighted by Crippen LogP contribution is 2.24. The predicted octanol–water partition coefficient (Wildman–Crippen LogP) is 3.16. The van der Waals surface area contributed by atoms with Gasteiger partial charge >= 0.3 is 0 Å². The largest absolute Gasteiger partial charge is 0.368 e. The fraction of sp³-hybridized carbons (Fsp3) is 0.280. The van der Waals surface area contributed by atoms with Gasteiger partial charge in [0.2, 0.25) is 11.9 Å². The van der Waals surface area contributed by atoms with E-state index in [1.807, 2.05) is 66.4 Å². The lowest BCUT2D eigenvalue weighted by atomic mass is 10.1. The zero-order valence-corrected chi connectivity index (χ0v) is 19.4. The molecule has 0 aliphatic carbocycles. The Morgan fingerprint density at radius 2 is 1.68 bits per heavy atom. The quantitative estimate of drug-likeness (QED) is 0.497. The molecule has 0 saturated carbocycles. The first kappa shape index (κ1) is 23.0. The molecule has 1 unspecified atom stereocenters. The van der Waals surface area contributed by atoms with E-state index in [0.29, 0.717) is 11.8 Å². The van der Waals surface area contributed by atoms with Crippen molar-refractivity contribution in [3.05, 3.63) is 71.9 Å². The van der Waals surface area contributed by atoms with Crippen molar-refractivity contribution in [1.82, 2.24) is 14.9 Å². The summed E-state index contributed by atoms with van der Waals surface area (Å²) in [7, 11) is 0. The van der Waals surface area contributed by atoms with Crippen molar-refractivity contribution in [3.63, 3.8) is 0 Å². The summed E-state index contributed by atoms with van der Waals surface area (Å²) in [5, 5.41) is 6.46. The van der Waals surface area contributed by atoms with Gasteiger partial charge in [0.1, 0.15) is 5.82 Å². The lowest BCUT2D eigenvalue weighted by molar-refractivity contribution is -0.129. The predicted molar refractivity (Wildman–Crippen MR) is 133 cm³/mol. The smallest absolute Gasteiger partial charge is 0.254 e. The van der Waals surface area contributed by atoms with E-state index in [4.69, 9.17) is 5.73 Å². The third-order valence-corrected chi connectivity index (χ3v) is 5.92. The van der Waals surface area contributed by atoms with E-state index >= 15 is 0 Å². The van der Waals surface area contributed by atoms with Crippen molar-refractivity contribution < 1.29 is 9.59 Å². The Balaban J connectivity index is 1.46. The van der Waals surface area contributed by atoms with E-state index in [2.05, 4.69) is 25.5 Å². The van der Waals surface area contributed by atoms with E-state index < -0.39 is 5.91 Å². The van der Waals surface area contributed by atoms with Crippen LogP contribution in [-0.2, 0) is 4.79 Å². The van der Waals surface area contributed by atoms with Crippen LogP contribution in [0.1, 0.15) is 35.8 Å². The molecular formula is C25H29N7O2. The molecule has 3 aromatic rings. The average molecular weight is 460 g/mol. The summed E-state index contributed by atoms with van der Waals surface area (Å²) < 4.78 is 0. The molecule has 1 atom stereocenters. The van der Waals surface area contributed by atoms with Gasteiger partial charge in [0, 0.05) is 56.7 Å². The van der Waals surface area contributed by atoms with Crippen LogP contribution >= 0.6 is 0 Å². The Hall–Kier alpha value is -4.14. The number of primary amides is 1. The number of piperazine rings is 1. The van der Waals surface area contributed by atoms with Crippen LogP contribution in [0.15, 0.2) is 60.8 Å². The number of carbonyl (C=O) groups excluding carboxylic acids is 2. The molecule has 9 nitrogen and oxygen atoms in total. The number of hydrogen-bond donors (Lipinski definition) is 3. The van der Waals surface area contributed by atoms with Gasteiger partial charge in [-0.3, -0.25) is 9.59 Å². The van der Waals surface area contributed by atoms with Crippen LogP contribution in [0.25, 0.3) is 0 Å². The Labute approximate surface area is 199 Å². The highest BCUT2D eigenvalue weighted by Gasteiger charge is 2.19. The van der Waals surface area contributed by atoms with Gasteiger partial charge in [0.05, 0.1) is 5.56 Å². The third-order valence-electron chi connectivity index (χ3n) is 5.92. The number of nitrogens with one attached hydrogen (secondary N) is 2. The highest BCUT2D eigenvalue weighted by atomic mass is 16.2. The molecular weight excluding hydrogens is 430 g/mol. The van der Waals surface area contributed by atoms with Gasteiger partial charge in [-0.25, -0.2) is 4.98 Å². The molecule has 2 amide bonds. The number of nitrogens with two attached hydrogens (primary N) is 1. The topological polar surface area (TPSA) is 116 Å². The minimum Gasteiger partial charge on any atom is -0.368 e. The molecule has 0 spiro atoms. The number of nitrogens with zero attached hydrogens (tertiary/aromatic N) is 4. The summed E-state index contributed by atoms with van der Waals surface area (Å²) in [6, 6.07) is 17.8. The second-order valence-corrected chi connectivity index (χ2v) is 8.26. The van der Waals surface area contributed by atoms with Crippen LogP contribution in [-0.4, -0.2) is 52.9 Å². The molecule has 2 aromatic carbocycles. The molecule has 1 aromatic heterocycles. The monoisotopic (exact) mass is 459 g/mol. The summed E-state index contributed by atoms with van der Waals surface area (Å²) >= 11 is 0. The molecule has 2 heterocycles. The maximum atomic E-state index is 11.9. The van der Waals surface area contributed by atoms with Crippen LogP contribution in [0, 0.1) is 0 Å². The van der Waals surface area contributed by atoms with E-state index in [0.717, 1.165) is 43.1 Å². The molecule has 1 aliphatic rings. The Kier molecular flexibility index (Phi) is 6.91. The molecule has 34 heavy (non-hydrogen) atoms. The molecule has 1 saturated heterocycles. The first-order chi connectivity index (χ1) is 16.4. The van der Waals surface area contributed by atoms with Crippen molar-refractivity contribution in [2.24, 2.45) is 5.73 Å². The summed E-state index contributed by atoms with van der Waals surface area (Å²) in [6.45, 7) is 6.66. The Morgan fingerprint density at radius 1 is 1.00 bits per heavy atom. The molecule has 0 radical (unpaired) electrons. The summed E-state index contributed by atoms with van der Waals surface area (Å²) in [5.41, 5.74) is 8.74. The van der Waals surface area contributed by atoms with Crippen molar-refractivity contribution >= 4 is 35.0 Å². The van der Waals surface area contributed by atoms with Gasteiger partial charge in [-0.2, -0.15) is 4.98 Å². The van der Waals surface area contributed by atoms with Gasteiger partial charge in [0.25, 0.3) is 5.91 Å². The molecule has 176 valence electrons. The lowest BCUT2D eigenvalue weighted by Gasteiger charge is -2.35. The number of amides is 2. The maximum Gasteiger partial charge on any atom is 0.254 e. The second kappa shape index (κ2) is 10.2. The average Bonchev–Trinajstić information content (AvgIpc) is 2.85. The first-order valence-electron chi connectivity index (χ1n) is 11.3. The number of benzene rings is 2. The number of carbonyl (C=O) groups is 2. The van der Waals surface area contributed by atoms with Gasteiger partial charge in [-0.05, 0) is 36.8 Å². The van der Waals surface area contributed by atoms with E-state index in [-0.39, 0.29) is 17.5 Å². The minimum atomic E-state index is -0.594. The third kappa shape index (κ3) is 5.43. The van der Waals surface area contributed by atoms with Crippen LogP contribution < -0.4 is 21.3 Å². The normalized spacial score (nSPS) is 14.4. The number of aromatic nitrogens is 2. The summed E-state index contributed by atoms with van der Waals surface area (Å²) in [6.07, 6.45) is 1.43. The molecule has 1 aliphatic heterocycles. The zero-order chi connectivity index (χ0) is 24.1. The first-order valence-corrected chi connectivity index (χ1v) is 11.3. The lowest BCUT2D eigenvalue weighted by Crippen LogP contribution is -2.48. The Bertz CT molecular complexity index is 1140. The Morgan fingerprint density at radius 3 is 2.29 bits per heavy atom. The fourth-order valence-corrected chi connectivity index (χ4v) is 3.93. The molecule has 9 heteroatoms.